The predicted molar refractivity (Wildman–Crippen MR) is 80.4 cm³/mol. The molecule has 0 radical (unpaired) electrons. The summed E-state index contributed by atoms with van der Waals surface area (Å²) in [5.41, 5.74) is 3.25. The first-order valence-electron chi connectivity index (χ1n) is 6.73. The largest absolute Gasteiger partial charge is 0.311 e. The van der Waals surface area contributed by atoms with Crippen molar-refractivity contribution in [3.63, 3.8) is 0 Å². The molecule has 0 aliphatic carbocycles. The molecule has 0 unspecified atom stereocenters. The van der Waals surface area contributed by atoms with Crippen LogP contribution in [0.2, 0.25) is 0 Å². The van der Waals surface area contributed by atoms with E-state index in [1.54, 1.807) is 0 Å². The molecule has 0 aliphatic rings. The molecule has 2 rings (SSSR count). The van der Waals surface area contributed by atoms with Crippen LogP contribution in [0.3, 0.4) is 0 Å². The fourth-order valence-electron chi connectivity index (χ4n) is 2.04. The first-order chi connectivity index (χ1) is 8.86. The van der Waals surface area contributed by atoms with Gasteiger partial charge in [-0.3, -0.25) is 0 Å². The highest BCUT2D eigenvalue weighted by molar-refractivity contribution is 6.16. The van der Waals surface area contributed by atoms with Crippen LogP contribution in [0.25, 0.3) is 11.2 Å². The molecule has 2 aromatic heterocycles. The first kappa shape index (κ1) is 14.3. The van der Waals surface area contributed by atoms with E-state index in [0.29, 0.717) is 11.8 Å². The lowest BCUT2D eigenvalue weighted by atomic mass is 9.81. The Morgan fingerprint density at radius 2 is 2.05 bits per heavy atom. The molecular formula is C15H22ClN3. The highest BCUT2D eigenvalue weighted by atomic mass is 35.5. The molecule has 2 heterocycles. The lowest BCUT2D eigenvalue weighted by Crippen LogP contribution is -2.26. The van der Waals surface area contributed by atoms with Crippen molar-refractivity contribution in [2.45, 2.75) is 47.0 Å². The Balaban J connectivity index is 2.56. The van der Waals surface area contributed by atoms with Gasteiger partial charge in [0.05, 0.1) is 5.88 Å². The summed E-state index contributed by atoms with van der Waals surface area (Å²) in [5, 5.41) is 0. The maximum atomic E-state index is 6.05. The molecule has 19 heavy (non-hydrogen) atoms. The van der Waals surface area contributed by atoms with Crippen LogP contribution in [-0.4, -0.2) is 14.5 Å². The zero-order valence-corrected chi connectivity index (χ0v) is 13.1. The molecule has 0 saturated heterocycles. The number of aryl methyl sites for hydroxylation is 1. The van der Waals surface area contributed by atoms with Gasteiger partial charge in [-0.05, 0) is 29.9 Å². The smallest absolute Gasteiger partial charge is 0.160 e. The Morgan fingerprint density at radius 1 is 1.37 bits per heavy atom. The van der Waals surface area contributed by atoms with E-state index in [4.69, 9.17) is 11.6 Å². The summed E-state index contributed by atoms with van der Waals surface area (Å²) in [5.74, 6) is 1.91. The van der Waals surface area contributed by atoms with E-state index in [1.165, 1.54) is 0 Å². The third-order valence-electron chi connectivity index (χ3n) is 4.16. The van der Waals surface area contributed by atoms with Gasteiger partial charge in [0.15, 0.2) is 5.65 Å². The summed E-state index contributed by atoms with van der Waals surface area (Å²) in [6.07, 6.45) is 1.84. The summed E-state index contributed by atoms with van der Waals surface area (Å²) < 4.78 is 2.18. The molecule has 0 N–H and O–H groups in total. The zero-order chi connectivity index (χ0) is 14.2. The molecule has 0 bridgehead atoms. The molecule has 0 saturated carbocycles. The van der Waals surface area contributed by atoms with Gasteiger partial charge >= 0.3 is 0 Å². The predicted octanol–water partition coefficient (Wildman–Crippen LogP) is 4.16. The van der Waals surface area contributed by atoms with Crippen molar-refractivity contribution in [3.05, 3.63) is 23.7 Å². The van der Waals surface area contributed by atoms with Gasteiger partial charge in [0.25, 0.3) is 0 Å². The number of fused-ring (bicyclic) bond motifs is 1. The van der Waals surface area contributed by atoms with Crippen molar-refractivity contribution in [1.29, 1.82) is 0 Å². The van der Waals surface area contributed by atoms with Crippen LogP contribution >= 0.6 is 11.6 Å². The first-order valence-corrected chi connectivity index (χ1v) is 7.27. The Kier molecular flexibility index (Phi) is 3.86. The van der Waals surface area contributed by atoms with E-state index in [2.05, 4.69) is 49.2 Å². The van der Waals surface area contributed by atoms with E-state index >= 15 is 0 Å². The van der Waals surface area contributed by atoms with Gasteiger partial charge < -0.3 is 4.57 Å². The Labute approximate surface area is 120 Å². The lowest BCUT2D eigenvalue weighted by molar-refractivity contribution is 0.210. The molecule has 2 aromatic rings. The standard InChI is InChI=1S/C15H22ClN3/c1-10(2)15(4,5)9-19-12(8-16)18-13-11(3)6-7-17-14(13)19/h6-7,10H,8-9H2,1-5H3. The molecule has 0 spiro atoms. The molecular weight excluding hydrogens is 258 g/mol. The zero-order valence-electron chi connectivity index (χ0n) is 12.4. The average Bonchev–Trinajstić information content (AvgIpc) is 2.68. The second-order valence-corrected chi connectivity index (χ2v) is 6.46. The minimum atomic E-state index is 0.180. The molecule has 3 nitrogen and oxygen atoms in total. The molecule has 0 amide bonds. The van der Waals surface area contributed by atoms with E-state index in [0.717, 1.165) is 29.1 Å². The summed E-state index contributed by atoms with van der Waals surface area (Å²) in [4.78, 5) is 9.14. The summed E-state index contributed by atoms with van der Waals surface area (Å²) in [6, 6.07) is 1.99. The Morgan fingerprint density at radius 3 is 2.63 bits per heavy atom. The number of hydrogen-bond acceptors (Lipinski definition) is 2. The second-order valence-electron chi connectivity index (χ2n) is 6.19. The molecule has 0 aliphatic heterocycles. The quantitative estimate of drug-likeness (QED) is 0.787. The maximum absolute atomic E-state index is 6.05. The number of halogens is 1. The van der Waals surface area contributed by atoms with Crippen LogP contribution in [-0.2, 0) is 12.4 Å². The fraction of sp³-hybridized carbons (Fsp3) is 0.600. The molecule has 0 atom stereocenters. The molecule has 4 heteroatoms. The van der Waals surface area contributed by atoms with Gasteiger partial charge in [0, 0.05) is 12.7 Å². The van der Waals surface area contributed by atoms with Crippen LogP contribution in [0.5, 0.6) is 0 Å². The van der Waals surface area contributed by atoms with Crippen molar-refractivity contribution >= 4 is 22.8 Å². The van der Waals surface area contributed by atoms with Gasteiger partial charge in [-0.1, -0.05) is 27.7 Å². The molecule has 104 valence electrons. The highest BCUT2D eigenvalue weighted by Gasteiger charge is 2.25. The van der Waals surface area contributed by atoms with Crippen molar-refractivity contribution in [3.8, 4) is 0 Å². The van der Waals surface area contributed by atoms with Crippen LogP contribution in [0.1, 0.15) is 39.1 Å². The monoisotopic (exact) mass is 279 g/mol. The number of alkyl halides is 1. The second kappa shape index (κ2) is 5.12. The number of pyridine rings is 1. The van der Waals surface area contributed by atoms with Crippen LogP contribution in [0.15, 0.2) is 12.3 Å². The van der Waals surface area contributed by atoms with E-state index in [-0.39, 0.29) is 5.41 Å². The van der Waals surface area contributed by atoms with Gasteiger partial charge in [-0.15, -0.1) is 11.6 Å². The summed E-state index contributed by atoms with van der Waals surface area (Å²) in [6.45, 7) is 12.0. The van der Waals surface area contributed by atoms with E-state index in [1.807, 2.05) is 12.3 Å². The number of imidazole rings is 1. The van der Waals surface area contributed by atoms with E-state index < -0.39 is 0 Å². The average molecular weight is 280 g/mol. The minimum Gasteiger partial charge on any atom is -0.311 e. The van der Waals surface area contributed by atoms with Gasteiger partial charge in [-0.25, -0.2) is 9.97 Å². The van der Waals surface area contributed by atoms with Gasteiger partial charge in [-0.2, -0.15) is 0 Å². The van der Waals surface area contributed by atoms with Gasteiger partial charge in [0.1, 0.15) is 11.3 Å². The Hall–Kier alpha value is -1.09. The lowest BCUT2D eigenvalue weighted by Gasteiger charge is -2.30. The van der Waals surface area contributed by atoms with Crippen LogP contribution < -0.4 is 0 Å². The van der Waals surface area contributed by atoms with Crippen LogP contribution in [0, 0.1) is 18.3 Å². The van der Waals surface area contributed by atoms with Gasteiger partial charge in [0.2, 0.25) is 0 Å². The fourth-order valence-corrected chi connectivity index (χ4v) is 2.25. The summed E-state index contributed by atoms with van der Waals surface area (Å²) in [7, 11) is 0. The number of hydrogen-bond donors (Lipinski definition) is 0. The SMILES string of the molecule is Cc1ccnc2c1nc(CCl)n2CC(C)(C)C(C)C. The summed E-state index contributed by atoms with van der Waals surface area (Å²) >= 11 is 6.05. The van der Waals surface area contributed by atoms with Crippen LogP contribution in [0.4, 0.5) is 0 Å². The third kappa shape index (κ3) is 2.62. The normalized spacial score (nSPS) is 12.6. The van der Waals surface area contributed by atoms with Crippen molar-refractivity contribution in [1.82, 2.24) is 14.5 Å². The molecule has 0 aromatic carbocycles. The highest BCUT2D eigenvalue weighted by Crippen LogP contribution is 2.30. The van der Waals surface area contributed by atoms with Crippen molar-refractivity contribution in [2.75, 3.05) is 0 Å². The molecule has 0 fully saturated rings. The Bertz CT molecular complexity index is 584. The number of rotatable bonds is 4. The van der Waals surface area contributed by atoms with Crippen molar-refractivity contribution < 1.29 is 0 Å². The topological polar surface area (TPSA) is 30.7 Å². The van der Waals surface area contributed by atoms with Crippen molar-refractivity contribution in [2.24, 2.45) is 11.3 Å². The number of nitrogens with zero attached hydrogens (tertiary/aromatic N) is 3. The van der Waals surface area contributed by atoms with E-state index in [9.17, 15) is 0 Å². The maximum Gasteiger partial charge on any atom is 0.160 e. The third-order valence-corrected chi connectivity index (χ3v) is 4.40. The minimum absolute atomic E-state index is 0.180. The number of aromatic nitrogens is 3.